The molecule has 1 aliphatic heterocycles. The number of anilines is 3. The Morgan fingerprint density at radius 1 is 1.02 bits per heavy atom. The van der Waals surface area contributed by atoms with E-state index in [1.54, 1.807) is 12.1 Å². The average molecular weight is 622 g/mol. The van der Waals surface area contributed by atoms with Gasteiger partial charge in [-0.1, -0.05) is 38.8 Å². The molecule has 3 aromatic rings. The van der Waals surface area contributed by atoms with Gasteiger partial charge in [-0.05, 0) is 89.5 Å². The van der Waals surface area contributed by atoms with Crippen molar-refractivity contribution in [3.05, 3.63) is 64.7 Å². The van der Waals surface area contributed by atoms with Gasteiger partial charge < -0.3 is 20.9 Å². The maximum absolute atomic E-state index is 15.1. The predicted molar refractivity (Wildman–Crippen MR) is 175 cm³/mol. The topological polar surface area (TPSA) is 102 Å². The Balaban J connectivity index is 1.75. The zero-order valence-electron chi connectivity index (χ0n) is 27.0. The van der Waals surface area contributed by atoms with Crippen molar-refractivity contribution in [1.82, 2.24) is 25.5 Å². The van der Waals surface area contributed by atoms with Crippen LogP contribution in [0.1, 0.15) is 81.3 Å². The third-order valence-electron chi connectivity index (χ3n) is 7.74. The summed E-state index contributed by atoms with van der Waals surface area (Å²) >= 11 is 0. The second-order valence-corrected chi connectivity index (χ2v) is 11.7. The lowest BCUT2D eigenvalue weighted by atomic mass is 9.97. The minimum Gasteiger partial charge on any atom is -0.354 e. The molecule has 3 amide bonds. The summed E-state index contributed by atoms with van der Waals surface area (Å²) in [4.78, 5) is 39.0. The van der Waals surface area contributed by atoms with Gasteiger partial charge >= 0.3 is 6.03 Å². The molecular weight excluding hydrogens is 576 g/mol. The van der Waals surface area contributed by atoms with E-state index in [9.17, 15) is 9.59 Å². The van der Waals surface area contributed by atoms with Crippen LogP contribution < -0.4 is 20.9 Å². The number of fused-ring (bicyclic) bond motifs is 1. The Labute approximate surface area is 264 Å². The van der Waals surface area contributed by atoms with E-state index < -0.39 is 23.4 Å². The third-order valence-corrected chi connectivity index (χ3v) is 7.74. The first-order valence-electron chi connectivity index (χ1n) is 16.0. The van der Waals surface area contributed by atoms with Gasteiger partial charge in [0.2, 0.25) is 5.95 Å². The van der Waals surface area contributed by atoms with Gasteiger partial charge in [0.1, 0.15) is 17.3 Å². The van der Waals surface area contributed by atoms with Gasteiger partial charge in [-0.25, -0.2) is 23.5 Å². The highest BCUT2D eigenvalue weighted by molar-refractivity contribution is 6.02. The number of para-hydroxylation sites is 1. The standard InChI is InChI=1S/C34H45F2N7O2/c1-6-8-17-42(18-9-7-2)19-11-16-37-33-40-29(25-20-24(15-14-23(25)5)32(44)39-22(3)4)26-21-38-34(45)43(31(26)41-33)30-27(35)12-10-13-28(30)36/h10,12-15,20,22H,6-9,11,16-19,21H2,1-5H3,(H,38,45)(H,39,44)(H,37,40,41). The molecule has 1 aliphatic rings. The highest BCUT2D eigenvalue weighted by atomic mass is 19.1. The highest BCUT2D eigenvalue weighted by Crippen LogP contribution is 2.39. The van der Waals surface area contributed by atoms with Crippen LogP contribution in [0.2, 0.25) is 0 Å². The van der Waals surface area contributed by atoms with E-state index in [2.05, 4.69) is 39.7 Å². The summed E-state index contributed by atoms with van der Waals surface area (Å²) in [5.41, 5.74) is 2.37. The molecule has 4 rings (SSSR count). The molecule has 2 aromatic carbocycles. The van der Waals surface area contributed by atoms with Gasteiger partial charge in [0.05, 0.1) is 12.2 Å². The Morgan fingerprint density at radius 3 is 2.33 bits per heavy atom. The first-order valence-corrected chi connectivity index (χ1v) is 16.0. The fraction of sp³-hybridized carbons (Fsp3) is 0.471. The molecule has 0 saturated heterocycles. The average Bonchev–Trinajstić information content (AvgIpc) is 3.00. The normalized spacial score (nSPS) is 12.8. The van der Waals surface area contributed by atoms with Crippen molar-refractivity contribution in [3.8, 4) is 11.3 Å². The zero-order valence-corrected chi connectivity index (χ0v) is 27.0. The van der Waals surface area contributed by atoms with E-state index in [-0.39, 0.29) is 30.3 Å². The number of carbonyl (C=O) groups is 2. The van der Waals surface area contributed by atoms with Gasteiger partial charge in [0.15, 0.2) is 5.82 Å². The number of urea groups is 1. The number of hydrogen-bond acceptors (Lipinski definition) is 6. The Morgan fingerprint density at radius 2 is 1.69 bits per heavy atom. The second kappa shape index (κ2) is 15.7. The largest absolute Gasteiger partial charge is 0.354 e. The lowest BCUT2D eigenvalue weighted by molar-refractivity contribution is 0.0943. The number of nitrogens with zero attached hydrogens (tertiary/aromatic N) is 4. The van der Waals surface area contributed by atoms with E-state index >= 15 is 8.78 Å². The predicted octanol–water partition coefficient (Wildman–Crippen LogP) is 6.93. The molecule has 0 aliphatic carbocycles. The molecule has 0 atom stereocenters. The van der Waals surface area contributed by atoms with Crippen LogP contribution >= 0.6 is 0 Å². The number of unbranched alkanes of at least 4 members (excludes halogenated alkanes) is 2. The molecule has 1 aromatic heterocycles. The van der Waals surface area contributed by atoms with Crippen LogP contribution in [0.15, 0.2) is 36.4 Å². The lowest BCUT2D eigenvalue weighted by Gasteiger charge is -2.31. The van der Waals surface area contributed by atoms with Crippen molar-refractivity contribution in [2.75, 3.05) is 36.4 Å². The zero-order chi connectivity index (χ0) is 32.5. The number of carbonyl (C=O) groups excluding carboxylic acids is 2. The number of nitrogens with one attached hydrogen (secondary N) is 3. The molecule has 0 bridgehead atoms. The van der Waals surface area contributed by atoms with Crippen LogP contribution in [0.25, 0.3) is 11.3 Å². The second-order valence-electron chi connectivity index (χ2n) is 11.7. The molecule has 2 heterocycles. The minimum atomic E-state index is -0.893. The first-order chi connectivity index (χ1) is 21.6. The maximum Gasteiger partial charge on any atom is 0.328 e. The molecule has 0 radical (unpaired) electrons. The molecule has 45 heavy (non-hydrogen) atoms. The van der Waals surface area contributed by atoms with Gasteiger partial charge in [0.25, 0.3) is 5.91 Å². The quantitative estimate of drug-likeness (QED) is 0.159. The highest BCUT2D eigenvalue weighted by Gasteiger charge is 2.34. The minimum absolute atomic E-state index is 0.0437. The third kappa shape index (κ3) is 8.33. The summed E-state index contributed by atoms with van der Waals surface area (Å²) in [6.45, 7) is 13.7. The monoisotopic (exact) mass is 621 g/mol. The Kier molecular flexibility index (Phi) is 11.8. The molecule has 0 fully saturated rings. The van der Waals surface area contributed by atoms with E-state index in [1.165, 1.54) is 6.07 Å². The number of rotatable bonds is 15. The van der Waals surface area contributed by atoms with Crippen LogP contribution in [0.5, 0.6) is 0 Å². The molecule has 0 unspecified atom stereocenters. The summed E-state index contributed by atoms with van der Waals surface area (Å²) in [6, 6.07) is 8.03. The fourth-order valence-electron chi connectivity index (χ4n) is 5.34. The van der Waals surface area contributed by atoms with E-state index in [0.717, 1.165) is 74.3 Å². The first kappa shape index (κ1) is 33.8. The molecule has 0 saturated carbocycles. The van der Waals surface area contributed by atoms with E-state index in [0.29, 0.717) is 28.9 Å². The number of aryl methyl sites for hydroxylation is 1. The number of aromatic nitrogens is 2. The summed E-state index contributed by atoms with van der Waals surface area (Å²) < 4.78 is 30.1. The molecule has 3 N–H and O–H groups in total. The van der Waals surface area contributed by atoms with Gasteiger partial charge in [-0.2, -0.15) is 4.98 Å². The van der Waals surface area contributed by atoms with Gasteiger partial charge in [-0.15, -0.1) is 0 Å². The van der Waals surface area contributed by atoms with Gasteiger partial charge in [-0.3, -0.25) is 4.79 Å². The molecule has 11 heteroatoms. The van der Waals surface area contributed by atoms with Crippen molar-refractivity contribution in [2.24, 2.45) is 0 Å². The molecule has 0 spiro atoms. The number of halogens is 2. The van der Waals surface area contributed by atoms with Crippen molar-refractivity contribution in [1.29, 1.82) is 0 Å². The molecule has 9 nitrogen and oxygen atoms in total. The van der Waals surface area contributed by atoms with Crippen LogP contribution in [-0.4, -0.2) is 59.0 Å². The SMILES string of the molecule is CCCCN(CCCC)CCCNc1nc(-c2cc(C(=O)NC(C)C)ccc2C)c2c(n1)N(c1c(F)cccc1F)C(=O)NC2. The number of benzene rings is 2. The molecule has 242 valence electrons. The summed E-state index contributed by atoms with van der Waals surface area (Å²) in [7, 11) is 0. The summed E-state index contributed by atoms with van der Waals surface area (Å²) in [6.07, 6.45) is 5.40. The molecular formula is C34H45F2N7O2. The fourth-order valence-corrected chi connectivity index (χ4v) is 5.34. The van der Waals surface area contributed by atoms with Crippen molar-refractivity contribution < 1.29 is 18.4 Å². The maximum atomic E-state index is 15.1. The number of hydrogen-bond donors (Lipinski definition) is 3. The smallest absolute Gasteiger partial charge is 0.328 e. The Hall–Kier alpha value is -4.12. The Bertz CT molecular complexity index is 1470. The van der Waals surface area contributed by atoms with Gasteiger partial charge in [0, 0.05) is 29.3 Å². The summed E-state index contributed by atoms with van der Waals surface area (Å²) in [5, 5.41) is 8.93. The van der Waals surface area contributed by atoms with E-state index in [4.69, 9.17) is 4.98 Å². The van der Waals surface area contributed by atoms with Crippen LogP contribution in [0.4, 0.5) is 31.0 Å². The van der Waals surface area contributed by atoms with Crippen LogP contribution in [-0.2, 0) is 6.54 Å². The van der Waals surface area contributed by atoms with E-state index in [1.807, 2.05) is 26.8 Å². The van der Waals surface area contributed by atoms with Crippen molar-refractivity contribution >= 4 is 29.4 Å². The van der Waals surface area contributed by atoms with Crippen molar-refractivity contribution in [3.63, 3.8) is 0 Å². The van der Waals surface area contributed by atoms with Crippen LogP contribution in [0, 0.1) is 18.6 Å². The summed E-state index contributed by atoms with van der Waals surface area (Å²) in [5.74, 6) is -1.71. The van der Waals surface area contributed by atoms with Crippen LogP contribution in [0.3, 0.4) is 0 Å². The number of amides is 3. The van der Waals surface area contributed by atoms with Crippen molar-refractivity contribution in [2.45, 2.75) is 79.3 Å². The lowest BCUT2D eigenvalue weighted by Crippen LogP contribution is -2.43.